The molecule has 2 nitrogen and oxygen atoms in total. The molecule has 0 aromatic heterocycles. The van der Waals surface area contributed by atoms with E-state index < -0.39 is 8.32 Å². The molecule has 0 aliphatic heterocycles. The van der Waals surface area contributed by atoms with E-state index in [9.17, 15) is 0 Å². The number of methoxy groups -OCH3 is 1. The normalized spacial score (nSPS) is 12.1. The Bertz CT molecular complexity index is 456. The van der Waals surface area contributed by atoms with Crippen LogP contribution in [0.5, 0.6) is 5.75 Å². The average molecular weight is 307 g/mol. The van der Waals surface area contributed by atoms with Crippen LogP contribution in [0.15, 0.2) is 30.8 Å². The van der Waals surface area contributed by atoms with Crippen LogP contribution in [0.25, 0.3) is 5.76 Å². The third kappa shape index (κ3) is 3.70. The fourth-order valence-corrected chi connectivity index (χ4v) is 8.67. The Morgan fingerprint density at radius 1 is 1.00 bits per heavy atom. The van der Waals surface area contributed by atoms with Crippen LogP contribution in [0.3, 0.4) is 0 Å². The van der Waals surface area contributed by atoms with E-state index in [1.807, 2.05) is 24.3 Å². The second kappa shape index (κ2) is 7.17. The lowest BCUT2D eigenvalue weighted by Crippen LogP contribution is -2.47. The first kappa shape index (κ1) is 17.8. The van der Waals surface area contributed by atoms with Crippen LogP contribution in [-0.4, -0.2) is 15.4 Å². The molecule has 0 fully saturated rings. The number of hydrogen-bond donors (Lipinski definition) is 0. The van der Waals surface area contributed by atoms with Gasteiger partial charge in [-0.2, -0.15) is 0 Å². The van der Waals surface area contributed by atoms with Crippen molar-refractivity contribution in [2.75, 3.05) is 7.11 Å². The van der Waals surface area contributed by atoms with Crippen LogP contribution in [0.2, 0.25) is 16.6 Å². The van der Waals surface area contributed by atoms with E-state index in [2.05, 4.69) is 48.1 Å². The third-order valence-corrected chi connectivity index (χ3v) is 10.4. The summed E-state index contributed by atoms with van der Waals surface area (Å²) in [5, 5.41) is 0. The van der Waals surface area contributed by atoms with Gasteiger partial charge < -0.3 is 9.16 Å². The van der Waals surface area contributed by atoms with Gasteiger partial charge >= 0.3 is 0 Å². The highest BCUT2D eigenvalue weighted by atomic mass is 28.4. The summed E-state index contributed by atoms with van der Waals surface area (Å²) in [4.78, 5) is 0. The quantitative estimate of drug-likeness (QED) is 0.464. The highest BCUT2D eigenvalue weighted by molar-refractivity contribution is 6.78. The summed E-state index contributed by atoms with van der Waals surface area (Å²) in [7, 11) is -0.263. The number of rotatable bonds is 7. The van der Waals surface area contributed by atoms with Crippen molar-refractivity contribution in [1.82, 2.24) is 0 Å². The van der Waals surface area contributed by atoms with E-state index in [0.29, 0.717) is 16.6 Å². The van der Waals surface area contributed by atoms with E-state index in [1.54, 1.807) is 7.11 Å². The second-order valence-corrected chi connectivity index (χ2v) is 12.0. The van der Waals surface area contributed by atoms with Crippen molar-refractivity contribution in [2.45, 2.75) is 58.2 Å². The van der Waals surface area contributed by atoms with Crippen molar-refractivity contribution in [1.29, 1.82) is 0 Å². The molecule has 1 rings (SSSR count). The molecule has 3 heteroatoms. The van der Waals surface area contributed by atoms with Gasteiger partial charge in [0.15, 0.2) is 0 Å². The zero-order valence-corrected chi connectivity index (χ0v) is 15.6. The second-order valence-electron chi connectivity index (χ2n) is 6.57. The predicted molar refractivity (Wildman–Crippen MR) is 94.2 cm³/mol. The molecule has 0 aliphatic carbocycles. The lowest BCUT2D eigenvalue weighted by atomic mass is 10.2. The topological polar surface area (TPSA) is 18.5 Å². The first-order valence-electron chi connectivity index (χ1n) is 7.78. The molecule has 0 spiro atoms. The smallest absolute Gasteiger partial charge is 0.258 e. The fraction of sp³-hybridized carbons (Fsp3) is 0.556. The van der Waals surface area contributed by atoms with Crippen molar-refractivity contribution < 1.29 is 9.16 Å². The van der Waals surface area contributed by atoms with Gasteiger partial charge in [0.25, 0.3) is 8.32 Å². The Morgan fingerprint density at radius 2 is 1.52 bits per heavy atom. The Balaban J connectivity index is 3.11. The van der Waals surface area contributed by atoms with Gasteiger partial charge in [-0.15, -0.1) is 0 Å². The summed E-state index contributed by atoms with van der Waals surface area (Å²) >= 11 is 0. The van der Waals surface area contributed by atoms with Gasteiger partial charge in [-0.05, 0) is 28.8 Å². The van der Waals surface area contributed by atoms with E-state index in [-0.39, 0.29) is 0 Å². The molecule has 0 radical (unpaired) electrons. The first-order valence-corrected chi connectivity index (χ1v) is 9.92. The van der Waals surface area contributed by atoms with Crippen molar-refractivity contribution in [3.63, 3.8) is 0 Å². The molecular formula is C18H30O2Si. The molecule has 0 aliphatic rings. The van der Waals surface area contributed by atoms with Gasteiger partial charge in [0, 0.05) is 5.56 Å². The Kier molecular flexibility index (Phi) is 6.08. The maximum Gasteiger partial charge on any atom is 0.258 e. The van der Waals surface area contributed by atoms with Crippen LogP contribution < -0.4 is 4.74 Å². The Morgan fingerprint density at radius 3 is 1.95 bits per heavy atom. The van der Waals surface area contributed by atoms with Crippen LogP contribution in [0, 0.1) is 0 Å². The molecule has 0 N–H and O–H groups in total. The van der Waals surface area contributed by atoms with Gasteiger partial charge in [0.2, 0.25) is 0 Å². The third-order valence-electron chi connectivity index (χ3n) is 4.40. The summed E-state index contributed by atoms with van der Waals surface area (Å²) in [5.41, 5.74) is 2.63. The van der Waals surface area contributed by atoms with Crippen molar-refractivity contribution in [3.05, 3.63) is 36.4 Å². The minimum absolute atomic E-state index is 0.542. The van der Waals surface area contributed by atoms with Gasteiger partial charge in [-0.1, -0.05) is 60.3 Å². The van der Waals surface area contributed by atoms with Crippen LogP contribution in [-0.2, 0) is 4.43 Å². The van der Waals surface area contributed by atoms with Crippen LogP contribution in [0.1, 0.15) is 47.1 Å². The summed E-state index contributed by atoms with van der Waals surface area (Å²) in [6, 6.07) is 7.94. The van der Waals surface area contributed by atoms with Gasteiger partial charge in [0.05, 0.1) is 7.11 Å². The fourth-order valence-electron chi connectivity index (χ4n) is 3.42. The molecule has 1 aromatic rings. The van der Waals surface area contributed by atoms with Gasteiger partial charge in [-0.3, -0.25) is 0 Å². The minimum atomic E-state index is -1.94. The maximum absolute atomic E-state index is 6.60. The summed E-state index contributed by atoms with van der Waals surface area (Å²) in [6.07, 6.45) is 0. The molecule has 0 bridgehead atoms. The Hall–Kier alpha value is -1.22. The summed E-state index contributed by atoms with van der Waals surface area (Å²) < 4.78 is 11.9. The number of ether oxygens (including phenoxy) is 1. The SMILES string of the molecule is C=C(O[Si](C(C)C)(C(C)C)C(C)C)c1cccc(OC)c1. The van der Waals surface area contributed by atoms with Crippen molar-refractivity contribution in [2.24, 2.45) is 0 Å². The molecule has 0 heterocycles. The highest BCUT2D eigenvalue weighted by Gasteiger charge is 2.47. The van der Waals surface area contributed by atoms with Crippen molar-refractivity contribution in [3.8, 4) is 5.75 Å². The van der Waals surface area contributed by atoms with Gasteiger partial charge in [-0.25, -0.2) is 0 Å². The highest BCUT2D eigenvalue weighted by Crippen LogP contribution is 2.44. The molecule has 118 valence electrons. The van der Waals surface area contributed by atoms with Gasteiger partial charge in [0.1, 0.15) is 11.5 Å². The zero-order chi connectivity index (χ0) is 16.2. The molecule has 0 saturated heterocycles. The molecule has 1 aromatic carbocycles. The predicted octanol–water partition coefficient (Wildman–Crippen LogP) is 5.86. The minimum Gasteiger partial charge on any atom is -0.543 e. The lowest BCUT2D eigenvalue weighted by Gasteiger charge is -2.42. The first-order chi connectivity index (χ1) is 9.75. The Labute approximate surface area is 131 Å². The van der Waals surface area contributed by atoms with E-state index >= 15 is 0 Å². The molecule has 0 amide bonds. The molecule has 21 heavy (non-hydrogen) atoms. The van der Waals surface area contributed by atoms with Crippen LogP contribution in [0.4, 0.5) is 0 Å². The van der Waals surface area contributed by atoms with E-state index in [4.69, 9.17) is 9.16 Å². The molecule has 0 atom stereocenters. The van der Waals surface area contributed by atoms with Crippen molar-refractivity contribution >= 4 is 14.1 Å². The van der Waals surface area contributed by atoms with E-state index in [1.165, 1.54) is 0 Å². The van der Waals surface area contributed by atoms with Crippen LogP contribution >= 0.6 is 0 Å². The molecule has 0 saturated carbocycles. The summed E-state index contributed by atoms with van der Waals surface area (Å²) in [5.74, 6) is 1.61. The largest absolute Gasteiger partial charge is 0.543 e. The lowest BCUT2D eigenvalue weighted by molar-refractivity contribution is 0.413. The number of benzene rings is 1. The standard InChI is InChI=1S/C18H30O2Si/c1-13(2)21(14(3)4,15(5)6)20-16(7)17-10-9-11-18(12-17)19-8/h9-15H,7H2,1-6,8H3. The molecule has 0 unspecified atom stereocenters. The average Bonchev–Trinajstić information content (AvgIpc) is 2.43. The summed E-state index contributed by atoms with van der Waals surface area (Å²) in [6.45, 7) is 17.9. The maximum atomic E-state index is 6.60. The zero-order valence-electron chi connectivity index (χ0n) is 14.6. The monoisotopic (exact) mass is 306 g/mol. The number of hydrogen-bond acceptors (Lipinski definition) is 2. The van der Waals surface area contributed by atoms with E-state index in [0.717, 1.165) is 17.1 Å². The molecular weight excluding hydrogens is 276 g/mol.